The lowest BCUT2D eigenvalue weighted by Crippen LogP contribution is -2.21. The van der Waals surface area contributed by atoms with Crippen LogP contribution in [0.3, 0.4) is 0 Å². The molecule has 0 aliphatic heterocycles. The topological polar surface area (TPSA) is 88.5 Å². The highest BCUT2D eigenvalue weighted by Crippen LogP contribution is 2.29. The Bertz CT molecular complexity index is 1340. The molecule has 3 heterocycles. The molecule has 0 aliphatic rings. The van der Waals surface area contributed by atoms with Crippen LogP contribution in [0.2, 0.25) is 0 Å². The van der Waals surface area contributed by atoms with Crippen molar-refractivity contribution < 1.29 is 22.7 Å². The van der Waals surface area contributed by atoms with Crippen molar-refractivity contribution in [1.82, 2.24) is 14.4 Å². The number of aromatic nitrogens is 3. The number of hydrogen-bond donors (Lipinski definition) is 2. The fraction of sp³-hybridized carbons (Fsp3) is 0.136. The Balaban J connectivity index is 1.42. The molecule has 2 N–H and O–H groups in total. The number of alkyl halides is 3. The monoisotopic (exact) mass is 442 g/mol. The van der Waals surface area contributed by atoms with Gasteiger partial charge in [-0.1, -0.05) is 6.07 Å². The van der Waals surface area contributed by atoms with E-state index in [1.165, 1.54) is 12.1 Å². The molecule has 1 amide bonds. The lowest BCUT2D eigenvalue weighted by Gasteiger charge is -2.09. The summed E-state index contributed by atoms with van der Waals surface area (Å²) >= 11 is 0. The summed E-state index contributed by atoms with van der Waals surface area (Å²) in [5.74, 6) is -0.246. The summed E-state index contributed by atoms with van der Waals surface area (Å²) in [6, 6.07) is 10.5. The van der Waals surface area contributed by atoms with Crippen molar-refractivity contribution in [3.05, 3.63) is 93.8 Å². The van der Waals surface area contributed by atoms with E-state index >= 15 is 0 Å². The number of H-pyrrole nitrogens is 1. The number of aromatic amines is 1. The fourth-order valence-electron chi connectivity index (χ4n) is 3.07. The maximum atomic E-state index is 12.8. The van der Waals surface area contributed by atoms with Gasteiger partial charge in [0.25, 0.3) is 11.5 Å². The zero-order valence-electron chi connectivity index (χ0n) is 16.7. The molecular weight excluding hydrogens is 425 g/mol. The second-order valence-electron chi connectivity index (χ2n) is 7.05. The van der Waals surface area contributed by atoms with Crippen LogP contribution in [-0.4, -0.2) is 20.3 Å². The maximum absolute atomic E-state index is 12.8. The molecule has 4 aromatic rings. The van der Waals surface area contributed by atoms with Gasteiger partial charge in [0.15, 0.2) is 0 Å². The van der Waals surface area contributed by atoms with Gasteiger partial charge in [0.1, 0.15) is 23.7 Å². The lowest BCUT2D eigenvalue weighted by molar-refractivity contribution is -0.137. The van der Waals surface area contributed by atoms with Gasteiger partial charge < -0.3 is 19.4 Å². The van der Waals surface area contributed by atoms with Crippen LogP contribution in [0.15, 0.2) is 65.8 Å². The number of nitrogens with one attached hydrogen (secondary N) is 2. The van der Waals surface area contributed by atoms with Gasteiger partial charge in [0, 0.05) is 24.2 Å². The highest BCUT2D eigenvalue weighted by molar-refractivity contribution is 6.04. The third kappa shape index (κ3) is 4.48. The molecule has 7 nitrogen and oxygen atoms in total. The Kier molecular flexibility index (Phi) is 5.43. The summed E-state index contributed by atoms with van der Waals surface area (Å²) in [5.41, 5.74) is 0.346. The predicted molar refractivity (Wildman–Crippen MR) is 111 cm³/mol. The number of fused-ring (bicyclic) bond motifs is 1. The number of amides is 1. The van der Waals surface area contributed by atoms with Crippen molar-refractivity contribution >= 4 is 17.2 Å². The molecule has 0 spiro atoms. The molecule has 0 atom stereocenters. The van der Waals surface area contributed by atoms with Gasteiger partial charge in [-0.2, -0.15) is 13.2 Å². The summed E-state index contributed by atoms with van der Waals surface area (Å²) in [6.07, 6.45) is -0.352. The standard InChI is InChI=1S/C22H17F3N4O3/c1-13-3-2-8-29-11-16(27-19(13)29)12-32-17-6-4-14(5-7-17)20(30)28-18-9-15(22(23,24)25)10-26-21(18)31/h2-11H,12H2,1H3,(H,26,31)(H,28,30). The van der Waals surface area contributed by atoms with Crippen LogP contribution in [-0.2, 0) is 12.8 Å². The number of rotatable bonds is 5. The van der Waals surface area contributed by atoms with Crippen molar-refractivity contribution in [2.45, 2.75) is 19.7 Å². The number of ether oxygens (including phenoxy) is 1. The minimum absolute atomic E-state index is 0.150. The van der Waals surface area contributed by atoms with Crippen LogP contribution in [0.1, 0.15) is 27.2 Å². The van der Waals surface area contributed by atoms with E-state index in [0.29, 0.717) is 18.0 Å². The van der Waals surface area contributed by atoms with E-state index < -0.39 is 28.9 Å². The van der Waals surface area contributed by atoms with Crippen molar-refractivity contribution in [1.29, 1.82) is 0 Å². The summed E-state index contributed by atoms with van der Waals surface area (Å²) in [5, 5.41) is 2.20. The number of aryl methyl sites for hydroxylation is 1. The first-order valence-electron chi connectivity index (χ1n) is 9.48. The summed E-state index contributed by atoms with van der Waals surface area (Å²) in [4.78, 5) is 30.6. The second-order valence-corrected chi connectivity index (χ2v) is 7.05. The molecule has 0 radical (unpaired) electrons. The maximum Gasteiger partial charge on any atom is 0.417 e. The smallest absolute Gasteiger partial charge is 0.417 e. The number of pyridine rings is 2. The normalized spacial score (nSPS) is 11.5. The van der Waals surface area contributed by atoms with Crippen LogP contribution in [0, 0.1) is 6.92 Å². The van der Waals surface area contributed by atoms with Crippen LogP contribution < -0.4 is 15.6 Å². The number of carbonyl (C=O) groups excluding carboxylic acids is 1. The predicted octanol–water partition coefficient (Wildman–Crippen LogP) is 4.18. The molecule has 4 rings (SSSR count). The fourth-order valence-corrected chi connectivity index (χ4v) is 3.07. The van der Waals surface area contributed by atoms with Gasteiger partial charge in [-0.25, -0.2) is 4.98 Å². The zero-order valence-corrected chi connectivity index (χ0v) is 16.7. The van der Waals surface area contributed by atoms with Gasteiger partial charge in [-0.15, -0.1) is 0 Å². The van der Waals surface area contributed by atoms with Crippen LogP contribution in [0.5, 0.6) is 5.75 Å². The number of hydrogen-bond acceptors (Lipinski definition) is 4. The van der Waals surface area contributed by atoms with Gasteiger partial charge in [0.05, 0.1) is 11.3 Å². The van der Waals surface area contributed by atoms with E-state index in [1.807, 2.05) is 40.8 Å². The third-order valence-corrected chi connectivity index (χ3v) is 4.71. The minimum atomic E-state index is -4.65. The quantitative estimate of drug-likeness (QED) is 0.485. The van der Waals surface area contributed by atoms with E-state index in [0.717, 1.165) is 16.9 Å². The highest BCUT2D eigenvalue weighted by atomic mass is 19.4. The van der Waals surface area contributed by atoms with Gasteiger partial charge in [-0.3, -0.25) is 9.59 Å². The molecular formula is C22H17F3N4O3. The summed E-state index contributed by atoms with van der Waals surface area (Å²) in [6.45, 7) is 2.18. The number of nitrogens with zero attached hydrogens (tertiary/aromatic N) is 2. The highest BCUT2D eigenvalue weighted by Gasteiger charge is 2.31. The molecule has 0 aliphatic carbocycles. The van der Waals surface area contributed by atoms with E-state index in [-0.39, 0.29) is 12.2 Å². The molecule has 1 aromatic carbocycles. The van der Waals surface area contributed by atoms with Crippen LogP contribution in [0.25, 0.3) is 5.65 Å². The second kappa shape index (κ2) is 8.22. The number of benzene rings is 1. The Morgan fingerprint density at radius 3 is 2.66 bits per heavy atom. The number of anilines is 1. The van der Waals surface area contributed by atoms with Gasteiger partial charge in [-0.05, 0) is 48.9 Å². The first-order valence-corrected chi connectivity index (χ1v) is 9.48. The average Bonchev–Trinajstić information content (AvgIpc) is 3.18. The van der Waals surface area contributed by atoms with E-state index in [9.17, 15) is 22.8 Å². The largest absolute Gasteiger partial charge is 0.487 e. The Morgan fingerprint density at radius 1 is 1.22 bits per heavy atom. The molecule has 0 fully saturated rings. The number of imidazole rings is 1. The Hall–Kier alpha value is -4.08. The van der Waals surface area contributed by atoms with E-state index in [1.54, 1.807) is 12.1 Å². The van der Waals surface area contributed by atoms with Crippen molar-refractivity contribution in [3.63, 3.8) is 0 Å². The molecule has 0 bridgehead atoms. The SMILES string of the molecule is Cc1cccn2cc(COc3ccc(C(=O)Nc4cc(C(F)(F)F)c[nH]c4=O)cc3)nc12. The number of carbonyl (C=O) groups is 1. The lowest BCUT2D eigenvalue weighted by atomic mass is 10.2. The van der Waals surface area contributed by atoms with Gasteiger partial charge in [0.2, 0.25) is 0 Å². The summed E-state index contributed by atoms with van der Waals surface area (Å²) < 4.78 is 46.1. The van der Waals surface area contributed by atoms with Crippen molar-refractivity contribution in [2.75, 3.05) is 5.32 Å². The van der Waals surface area contributed by atoms with Crippen molar-refractivity contribution in [3.8, 4) is 5.75 Å². The number of halogens is 3. The van der Waals surface area contributed by atoms with Crippen LogP contribution >= 0.6 is 0 Å². The molecule has 0 saturated heterocycles. The minimum Gasteiger partial charge on any atom is -0.487 e. The molecule has 164 valence electrons. The Labute approximate surface area is 179 Å². The van der Waals surface area contributed by atoms with Crippen molar-refractivity contribution in [2.24, 2.45) is 0 Å². The molecule has 10 heteroatoms. The molecule has 32 heavy (non-hydrogen) atoms. The van der Waals surface area contributed by atoms with Gasteiger partial charge >= 0.3 is 6.18 Å². The average molecular weight is 442 g/mol. The van der Waals surface area contributed by atoms with E-state index in [2.05, 4.69) is 10.3 Å². The zero-order chi connectivity index (χ0) is 22.9. The third-order valence-electron chi connectivity index (χ3n) is 4.71. The molecule has 3 aromatic heterocycles. The van der Waals surface area contributed by atoms with E-state index in [4.69, 9.17) is 4.74 Å². The molecule has 0 unspecified atom stereocenters. The first kappa shape index (κ1) is 21.2. The van der Waals surface area contributed by atoms with Crippen LogP contribution in [0.4, 0.5) is 18.9 Å². The summed E-state index contributed by atoms with van der Waals surface area (Å²) in [7, 11) is 0. The molecule has 0 saturated carbocycles. The Morgan fingerprint density at radius 2 is 1.97 bits per heavy atom. The first-order chi connectivity index (χ1) is 15.2.